The average Bonchev–Trinajstić information content (AvgIpc) is 3.08. The maximum atomic E-state index is 6.23. The molecule has 3 nitrogen and oxygen atoms in total. The fourth-order valence-corrected chi connectivity index (χ4v) is 3.02. The van der Waals surface area contributed by atoms with E-state index in [2.05, 4.69) is 22.5 Å². The summed E-state index contributed by atoms with van der Waals surface area (Å²) in [7, 11) is 0. The van der Waals surface area contributed by atoms with E-state index >= 15 is 0 Å². The third-order valence-electron chi connectivity index (χ3n) is 3.26. The fourth-order valence-electron chi connectivity index (χ4n) is 2.14. The molecule has 0 aliphatic heterocycles. The number of nitrogens with two attached hydrogens (primary N) is 1. The van der Waals surface area contributed by atoms with E-state index < -0.39 is 0 Å². The zero-order valence-corrected chi connectivity index (χ0v) is 12.1. The van der Waals surface area contributed by atoms with Gasteiger partial charge in [-0.2, -0.15) is 0 Å². The molecule has 2 aromatic heterocycles. The van der Waals surface area contributed by atoms with E-state index in [1.54, 1.807) is 17.6 Å². The van der Waals surface area contributed by atoms with E-state index in [0.29, 0.717) is 0 Å². The van der Waals surface area contributed by atoms with Crippen LogP contribution in [0.1, 0.15) is 22.9 Å². The van der Waals surface area contributed by atoms with Gasteiger partial charge in [0.15, 0.2) is 10.8 Å². The first-order valence-electron chi connectivity index (χ1n) is 6.53. The molecule has 0 amide bonds. The molecule has 3 rings (SSSR count). The molecule has 0 bridgehead atoms. The Bertz CT molecular complexity index is 687. The average molecular weight is 284 g/mol. The Kier molecular flexibility index (Phi) is 3.67. The van der Waals surface area contributed by atoms with Gasteiger partial charge in [0.2, 0.25) is 0 Å². The molecule has 0 aliphatic carbocycles. The van der Waals surface area contributed by atoms with Crippen molar-refractivity contribution in [3.63, 3.8) is 0 Å². The van der Waals surface area contributed by atoms with Crippen molar-refractivity contribution in [3.8, 4) is 10.8 Å². The van der Waals surface area contributed by atoms with Crippen LogP contribution in [0.2, 0.25) is 0 Å². The second kappa shape index (κ2) is 5.61. The highest BCUT2D eigenvalue weighted by atomic mass is 32.1. The number of hydrogen-bond acceptors (Lipinski definition) is 4. The van der Waals surface area contributed by atoms with Gasteiger partial charge in [-0.15, -0.1) is 11.3 Å². The largest absolute Gasteiger partial charge is 0.462 e. The highest BCUT2D eigenvalue weighted by Gasteiger charge is 2.13. The number of aryl methyl sites for hydroxylation is 1. The van der Waals surface area contributed by atoms with E-state index in [1.807, 2.05) is 31.2 Å². The molecule has 2 N–H and O–H groups in total. The van der Waals surface area contributed by atoms with Crippen molar-refractivity contribution in [1.29, 1.82) is 0 Å². The summed E-state index contributed by atoms with van der Waals surface area (Å²) in [6.07, 6.45) is 2.43. The molecule has 20 heavy (non-hydrogen) atoms. The summed E-state index contributed by atoms with van der Waals surface area (Å²) in [5.74, 6) is 0.856. The molecule has 3 aromatic rings. The number of aromatic nitrogens is 1. The van der Waals surface area contributed by atoms with Crippen molar-refractivity contribution in [1.82, 2.24) is 4.98 Å². The lowest BCUT2D eigenvalue weighted by atomic mass is 10.0. The van der Waals surface area contributed by atoms with Crippen molar-refractivity contribution in [2.45, 2.75) is 19.4 Å². The van der Waals surface area contributed by atoms with Crippen LogP contribution in [0.15, 0.2) is 52.5 Å². The normalized spacial score (nSPS) is 12.5. The van der Waals surface area contributed by atoms with Crippen LogP contribution in [0.3, 0.4) is 0 Å². The standard InChI is InChI=1S/C16H16N2OS/c1-11-7-8-19-15(11)16-18-13(10-20-16)9-14(17)12-5-3-2-4-6-12/h2-8,10,14H,9,17H2,1H3. The molecule has 0 saturated carbocycles. The highest BCUT2D eigenvalue weighted by Crippen LogP contribution is 2.28. The van der Waals surface area contributed by atoms with Gasteiger partial charge in [0.1, 0.15) is 0 Å². The molecule has 2 heterocycles. The number of thiazole rings is 1. The summed E-state index contributed by atoms with van der Waals surface area (Å²) in [6, 6.07) is 12.0. The van der Waals surface area contributed by atoms with Gasteiger partial charge in [0, 0.05) is 17.8 Å². The predicted octanol–water partition coefficient (Wildman–Crippen LogP) is 3.95. The molecule has 1 aromatic carbocycles. The molecule has 1 unspecified atom stereocenters. The first-order valence-corrected chi connectivity index (χ1v) is 7.41. The molecule has 0 aliphatic rings. The summed E-state index contributed by atoms with van der Waals surface area (Å²) in [6.45, 7) is 2.02. The molecule has 102 valence electrons. The van der Waals surface area contributed by atoms with Crippen LogP contribution in [0.5, 0.6) is 0 Å². The maximum Gasteiger partial charge on any atom is 0.165 e. The fraction of sp³-hybridized carbons (Fsp3) is 0.188. The number of rotatable bonds is 4. The van der Waals surface area contributed by atoms with Crippen LogP contribution >= 0.6 is 11.3 Å². The quantitative estimate of drug-likeness (QED) is 0.789. The van der Waals surface area contributed by atoms with Crippen LogP contribution in [-0.2, 0) is 6.42 Å². The van der Waals surface area contributed by atoms with E-state index in [-0.39, 0.29) is 6.04 Å². The van der Waals surface area contributed by atoms with E-state index in [4.69, 9.17) is 10.2 Å². The second-order valence-corrected chi connectivity index (χ2v) is 5.66. The Labute approximate surface area is 122 Å². The summed E-state index contributed by atoms with van der Waals surface area (Å²) < 4.78 is 5.47. The smallest absolute Gasteiger partial charge is 0.165 e. The molecule has 1 atom stereocenters. The minimum absolute atomic E-state index is 0.0242. The van der Waals surface area contributed by atoms with Gasteiger partial charge < -0.3 is 10.2 Å². The van der Waals surface area contributed by atoms with Gasteiger partial charge in [0.05, 0.1) is 12.0 Å². The minimum atomic E-state index is -0.0242. The summed E-state index contributed by atoms with van der Waals surface area (Å²) in [4.78, 5) is 4.62. The zero-order valence-electron chi connectivity index (χ0n) is 11.2. The van der Waals surface area contributed by atoms with Crippen molar-refractivity contribution < 1.29 is 4.42 Å². The zero-order chi connectivity index (χ0) is 13.9. The molecular weight excluding hydrogens is 268 g/mol. The van der Waals surface area contributed by atoms with Crippen LogP contribution in [0, 0.1) is 6.92 Å². The molecule has 0 fully saturated rings. The predicted molar refractivity (Wildman–Crippen MR) is 81.6 cm³/mol. The third kappa shape index (κ3) is 2.66. The lowest BCUT2D eigenvalue weighted by Gasteiger charge is -2.09. The number of furan rings is 1. The van der Waals surface area contributed by atoms with Crippen LogP contribution in [0.4, 0.5) is 0 Å². The van der Waals surface area contributed by atoms with E-state index in [1.165, 1.54) is 0 Å². The lowest BCUT2D eigenvalue weighted by Crippen LogP contribution is -2.13. The van der Waals surface area contributed by atoms with Crippen molar-refractivity contribution >= 4 is 11.3 Å². The number of benzene rings is 1. The van der Waals surface area contributed by atoms with Crippen molar-refractivity contribution in [2.24, 2.45) is 5.73 Å². The Morgan fingerprint density at radius 1 is 1.25 bits per heavy atom. The second-order valence-electron chi connectivity index (χ2n) is 4.80. The highest BCUT2D eigenvalue weighted by molar-refractivity contribution is 7.13. The Balaban J connectivity index is 1.77. The van der Waals surface area contributed by atoms with Crippen LogP contribution in [-0.4, -0.2) is 4.98 Å². The summed E-state index contributed by atoms with van der Waals surface area (Å²) in [5, 5.41) is 2.97. The van der Waals surface area contributed by atoms with E-state index in [0.717, 1.165) is 34.0 Å². The van der Waals surface area contributed by atoms with E-state index in [9.17, 15) is 0 Å². The topological polar surface area (TPSA) is 52.0 Å². The van der Waals surface area contributed by atoms with Crippen LogP contribution in [0.25, 0.3) is 10.8 Å². The molecular formula is C16H16N2OS. The van der Waals surface area contributed by atoms with Gasteiger partial charge >= 0.3 is 0 Å². The molecule has 0 saturated heterocycles. The summed E-state index contributed by atoms with van der Waals surface area (Å²) in [5.41, 5.74) is 9.48. The monoisotopic (exact) mass is 284 g/mol. The summed E-state index contributed by atoms with van der Waals surface area (Å²) >= 11 is 1.60. The third-order valence-corrected chi connectivity index (χ3v) is 4.15. The van der Waals surface area contributed by atoms with Gasteiger partial charge in [-0.05, 0) is 24.1 Å². The molecule has 4 heteroatoms. The number of hydrogen-bond donors (Lipinski definition) is 1. The Hall–Kier alpha value is -1.91. The van der Waals surface area contributed by atoms with Gasteiger partial charge in [0.25, 0.3) is 0 Å². The molecule has 0 spiro atoms. The Morgan fingerprint density at radius 2 is 2.05 bits per heavy atom. The van der Waals surface area contributed by atoms with Gasteiger partial charge in [-0.25, -0.2) is 4.98 Å². The molecule has 0 radical (unpaired) electrons. The lowest BCUT2D eigenvalue weighted by molar-refractivity contribution is 0.580. The maximum absolute atomic E-state index is 6.23. The van der Waals surface area contributed by atoms with Crippen LogP contribution < -0.4 is 5.73 Å². The van der Waals surface area contributed by atoms with Gasteiger partial charge in [-0.1, -0.05) is 30.3 Å². The minimum Gasteiger partial charge on any atom is -0.462 e. The first-order chi connectivity index (χ1) is 9.74. The Morgan fingerprint density at radius 3 is 2.75 bits per heavy atom. The first kappa shape index (κ1) is 13.1. The van der Waals surface area contributed by atoms with Crippen molar-refractivity contribution in [2.75, 3.05) is 0 Å². The van der Waals surface area contributed by atoms with Crippen molar-refractivity contribution in [3.05, 3.63) is 64.9 Å². The number of nitrogens with zero attached hydrogens (tertiary/aromatic N) is 1. The SMILES string of the molecule is Cc1ccoc1-c1nc(CC(N)c2ccccc2)cs1. The van der Waals surface area contributed by atoms with Gasteiger partial charge in [-0.3, -0.25) is 0 Å².